The molecule has 0 heterocycles. The van der Waals surface area contributed by atoms with Crippen molar-refractivity contribution in [2.45, 2.75) is 0 Å². The summed E-state index contributed by atoms with van der Waals surface area (Å²) in [7, 11) is -1.39. The molecule has 0 saturated heterocycles. The zero-order chi connectivity index (χ0) is 29.7. The van der Waals surface area contributed by atoms with Crippen molar-refractivity contribution < 1.29 is 10.0 Å². The SMILES string of the molecule is Nc1ccc(-c2ccc(-c3ccccc3)cc2)cc1.Nc1ccc(Br)cc1.OB(O)c1ccc(-c2ccccc2)cc1. The lowest BCUT2D eigenvalue weighted by Crippen LogP contribution is -2.29. The standard InChI is InChI=1S/C18H15N.C12H11BO2.C6H6BrN/c19-18-12-10-17(11-13-18)16-8-6-15(7-9-16)14-4-2-1-3-5-14;14-13(15)12-8-6-11(7-9-12)10-4-2-1-3-5-10;7-5-1-3-6(8)4-2-5/h1-13H,19H2;1-9,14-15H;1-4H,8H2. The fourth-order valence-electron chi connectivity index (χ4n) is 4.10. The van der Waals surface area contributed by atoms with Crippen molar-refractivity contribution in [1.29, 1.82) is 0 Å². The fourth-order valence-corrected chi connectivity index (χ4v) is 4.37. The van der Waals surface area contributed by atoms with Gasteiger partial charge in [0.2, 0.25) is 0 Å². The van der Waals surface area contributed by atoms with Gasteiger partial charge in [-0.3, -0.25) is 0 Å². The first-order valence-corrected chi connectivity index (χ1v) is 14.2. The van der Waals surface area contributed by atoms with E-state index < -0.39 is 7.12 Å². The topological polar surface area (TPSA) is 92.5 Å². The highest BCUT2D eigenvalue weighted by Gasteiger charge is 2.09. The fraction of sp³-hybridized carbons (Fsp3) is 0. The molecule has 6 aromatic rings. The second kappa shape index (κ2) is 15.4. The van der Waals surface area contributed by atoms with Crippen LogP contribution in [0.2, 0.25) is 0 Å². The van der Waals surface area contributed by atoms with Crippen LogP contribution < -0.4 is 16.9 Å². The van der Waals surface area contributed by atoms with E-state index in [4.69, 9.17) is 21.5 Å². The monoisotopic (exact) mass is 614 g/mol. The minimum atomic E-state index is -1.39. The normalized spacial score (nSPS) is 9.98. The molecule has 6 aromatic carbocycles. The maximum absolute atomic E-state index is 8.94. The van der Waals surface area contributed by atoms with E-state index in [9.17, 15) is 0 Å². The number of rotatable bonds is 4. The van der Waals surface area contributed by atoms with Crippen LogP contribution in [0.15, 0.2) is 162 Å². The molecule has 0 fully saturated rings. The second-order valence-electron chi connectivity index (χ2n) is 9.48. The number of nitrogen functional groups attached to an aromatic ring is 2. The van der Waals surface area contributed by atoms with Gasteiger partial charge in [-0.25, -0.2) is 0 Å². The van der Waals surface area contributed by atoms with Gasteiger partial charge < -0.3 is 21.5 Å². The largest absolute Gasteiger partial charge is 0.488 e. The molecule has 42 heavy (non-hydrogen) atoms. The van der Waals surface area contributed by atoms with Crippen molar-refractivity contribution >= 4 is 39.9 Å². The van der Waals surface area contributed by atoms with E-state index in [-0.39, 0.29) is 0 Å². The molecule has 6 rings (SSSR count). The third kappa shape index (κ3) is 9.21. The van der Waals surface area contributed by atoms with Crippen LogP contribution in [-0.2, 0) is 0 Å². The molecule has 0 aliphatic carbocycles. The number of hydrogen-bond donors (Lipinski definition) is 4. The van der Waals surface area contributed by atoms with Crippen LogP contribution in [-0.4, -0.2) is 17.2 Å². The van der Waals surface area contributed by atoms with Crippen LogP contribution in [0.5, 0.6) is 0 Å². The van der Waals surface area contributed by atoms with Gasteiger partial charge in [0.15, 0.2) is 0 Å². The van der Waals surface area contributed by atoms with E-state index >= 15 is 0 Å². The van der Waals surface area contributed by atoms with Gasteiger partial charge in [-0.15, -0.1) is 0 Å². The van der Waals surface area contributed by atoms with Gasteiger partial charge in [0.25, 0.3) is 0 Å². The summed E-state index contributed by atoms with van der Waals surface area (Å²) in [5.74, 6) is 0. The van der Waals surface area contributed by atoms with E-state index in [1.54, 1.807) is 12.1 Å². The van der Waals surface area contributed by atoms with Crippen LogP contribution in [0.4, 0.5) is 11.4 Å². The lowest BCUT2D eigenvalue weighted by Gasteiger charge is -2.05. The molecule has 0 bridgehead atoms. The predicted octanol–water partition coefficient (Wildman–Crippen LogP) is 7.67. The number of anilines is 2. The Morgan fingerprint density at radius 1 is 0.381 bits per heavy atom. The van der Waals surface area contributed by atoms with Crippen molar-refractivity contribution in [3.05, 3.63) is 162 Å². The first-order chi connectivity index (χ1) is 20.4. The molecule has 0 aromatic heterocycles. The molecule has 6 N–H and O–H groups in total. The number of halogens is 1. The highest BCUT2D eigenvalue weighted by Crippen LogP contribution is 2.25. The molecule has 208 valence electrons. The number of benzene rings is 6. The third-order valence-electron chi connectivity index (χ3n) is 6.42. The Morgan fingerprint density at radius 3 is 1.00 bits per heavy atom. The van der Waals surface area contributed by atoms with Crippen molar-refractivity contribution in [2.75, 3.05) is 11.5 Å². The Balaban J connectivity index is 0.000000157. The average molecular weight is 615 g/mol. The predicted molar refractivity (Wildman–Crippen MR) is 182 cm³/mol. The van der Waals surface area contributed by atoms with E-state index in [0.29, 0.717) is 5.46 Å². The first-order valence-electron chi connectivity index (χ1n) is 13.4. The van der Waals surface area contributed by atoms with Gasteiger partial charge in [0.05, 0.1) is 0 Å². The molecule has 0 aliphatic rings. The van der Waals surface area contributed by atoms with Crippen LogP contribution in [0, 0.1) is 0 Å². The first kappa shape index (κ1) is 30.3. The van der Waals surface area contributed by atoms with Gasteiger partial charge in [-0.05, 0) is 75.2 Å². The van der Waals surface area contributed by atoms with Gasteiger partial charge in [-0.1, -0.05) is 137 Å². The lowest BCUT2D eigenvalue weighted by molar-refractivity contribution is 0.426. The summed E-state index contributed by atoms with van der Waals surface area (Å²) in [6.45, 7) is 0. The Bertz CT molecular complexity index is 1610. The number of hydrogen-bond acceptors (Lipinski definition) is 4. The molecule has 0 radical (unpaired) electrons. The van der Waals surface area contributed by atoms with E-state index in [1.165, 1.54) is 22.3 Å². The number of nitrogens with two attached hydrogens (primary N) is 2. The summed E-state index contributed by atoms with van der Waals surface area (Å²) in [5.41, 5.74) is 20.3. The van der Waals surface area contributed by atoms with Crippen molar-refractivity contribution in [1.82, 2.24) is 0 Å². The summed E-state index contributed by atoms with van der Waals surface area (Å²) in [5, 5.41) is 17.9. The summed E-state index contributed by atoms with van der Waals surface area (Å²) in [6.07, 6.45) is 0. The Labute approximate surface area is 256 Å². The Hall–Kier alpha value is -4.62. The van der Waals surface area contributed by atoms with Crippen LogP contribution in [0.3, 0.4) is 0 Å². The quantitative estimate of drug-likeness (QED) is 0.121. The summed E-state index contributed by atoms with van der Waals surface area (Å²) in [6, 6.07) is 51.6. The smallest absolute Gasteiger partial charge is 0.423 e. The Kier molecular flexibility index (Phi) is 11.1. The molecule has 6 heteroatoms. The van der Waals surface area contributed by atoms with E-state index in [1.807, 2.05) is 97.1 Å². The van der Waals surface area contributed by atoms with Crippen molar-refractivity contribution in [3.63, 3.8) is 0 Å². The maximum Gasteiger partial charge on any atom is 0.488 e. The lowest BCUT2D eigenvalue weighted by atomic mass is 9.80. The summed E-state index contributed by atoms with van der Waals surface area (Å²) < 4.78 is 1.06. The highest BCUT2D eigenvalue weighted by atomic mass is 79.9. The molecule has 0 aliphatic heterocycles. The second-order valence-corrected chi connectivity index (χ2v) is 10.4. The molecule has 0 saturated carbocycles. The van der Waals surface area contributed by atoms with Crippen LogP contribution >= 0.6 is 15.9 Å². The molecule has 4 nitrogen and oxygen atoms in total. The van der Waals surface area contributed by atoms with E-state index in [0.717, 1.165) is 27.0 Å². The van der Waals surface area contributed by atoms with Gasteiger partial charge in [0, 0.05) is 15.8 Å². The highest BCUT2D eigenvalue weighted by molar-refractivity contribution is 9.10. The zero-order valence-electron chi connectivity index (χ0n) is 23.0. The molecular weight excluding hydrogens is 583 g/mol. The third-order valence-corrected chi connectivity index (χ3v) is 6.95. The summed E-state index contributed by atoms with van der Waals surface area (Å²) in [4.78, 5) is 0. The maximum atomic E-state index is 8.94. The van der Waals surface area contributed by atoms with Gasteiger partial charge in [0.1, 0.15) is 0 Å². The molecule has 0 unspecified atom stereocenters. The van der Waals surface area contributed by atoms with Crippen molar-refractivity contribution in [3.8, 4) is 33.4 Å². The Morgan fingerprint density at radius 2 is 0.667 bits per heavy atom. The summed E-state index contributed by atoms with van der Waals surface area (Å²) >= 11 is 3.29. The van der Waals surface area contributed by atoms with Crippen LogP contribution in [0.25, 0.3) is 33.4 Å². The molecule has 0 amide bonds. The zero-order valence-corrected chi connectivity index (χ0v) is 24.6. The van der Waals surface area contributed by atoms with Crippen LogP contribution in [0.1, 0.15) is 0 Å². The minimum absolute atomic E-state index is 0.509. The minimum Gasteiger partial charge on any atom is -0.423 e. The average Bonchev–Trinajstić information content (AvgIpc) is 3.04. The van der Waals surface area contributed by atoms with Crippen molar-refractivity contribution in [2.24, 2.45) is 0 Å². The molecule has 0 atom stereocenters. The van der Waals surface area contributed by atoms with E-state index in [2.05, 4.69) is 64.5 Å². The van der Waals surface area contributed by atoms with Gasteiger partial charge >= 0.3 is 7.12 Å². The molecular formula is C36H32BBrN2O2. The molecule has 0 spiro atoms. The van der Waals surface area contributed by atoms with Gasteiger partial charge in [-0.2, -0.15) is 0 Å².